The van der Waals surface area contributed by atoms with Gasteiger partial charge >= 0.3 is 5.97 Å². The fraction of sp³-hybridized carbons (Fsp3) is 0.350. The van der Waals surface area contributed by atoms with Gasteiger partial charge in [0.05, 0.1) is 10.6 Å². The third kappa shape index (κ3) is 5.24. The molecule has 0 amide bonds. The van der Waals surface area contributed by atoms with Gasteiger partial charge in [-0.2, -0.15) is 0 Å². The van der Waals surface area contributed by atoms with E-state index in [9.17, 15) is 22.7 Å². The Hall–Kier alpha value is -2.65. The Labute approximate surface area is 169 Å². The van der Waals surface area contributed by atoms with E-state index in [4.69, 9.17) is 10.5 Å². The molecule has 29 heavy (non-hydrogen) atoms. The Morgan fingerprint density at radius 3 is 2.52 bits per heavy atom. The lowest BCUT2D eigenvalue weighted by molar-refractivity contribution is 0.0693. The lowest BCUT2D eigenvalue weighted by atomic mass is 10.0. The number of carboxylic acid groups (broad SMARTS) is 1. The first-order valence-corrected chi connectivity index (χ1v) is 10.8. The Bertz CT molecular complexity index is 993. The summed E-state index contributed by atoms with van der Waals surface area (Å²) < 4.78 is 47.4. The van der Waals surface area contributed by atoms with Crippen LogP contribution in [0, 0.1) is 5.82 Å². The van der Waals surface area contributed by atoms with Gasteiger partial charge in [-0.25, -0.2) is 17.6 Å². The molecule has 0 heterocycles. The summed E-state index contributed by atoms with van der Waals surface area (Å²) in [5, 5.41) is 9.71. The third-order valence-electron chi connectivity index (χ3n) is 4.27. The van der Waals surface area contributed by atoms with Gasteiger partial charge < -0.3 is 15.6 Å². The molecule has 0 unspecified atom stereocenters. The van der Waals surface area contributed by atoms with Gasteiger partial charge in [0.2, 0.25) is 0 Å². The average Bonchev–Trinajstić information content (AvgIpc) is 2.65. The molecule has 2 aromatic rings. The molecular formula is C20H25FN2O5S. The molecule has 2 aromatic carbocycles. The van der Waals surface area contributed by atoms with Crippen molar-refractivity contribution in [1.29, 1.82) is 0 Å². The van der Waals surface area contributed by atoms with Gasteiger partial charge in [-0.1, -0.05) is 26.3 Å². The van der Waals surface area contributed by atoms with Crippen LogP contribution in [0.25, 0.3) is 0 Å². The fourth-order valence-corrected chi connectivity index (χ4v) is 4.33. The zero-order valence-corrected chi connectivity index (χ0v) is 17.2. The Morgan fingerprint density at radius 2 is 1.93 bits per heavy atom. The van der Waals surface area contributed by atoms with Crippen molar-refractivity contribution in [2.75, 3.05) is 17.9 Å². The van der Waals surface area contributed by atoms with Crippen LogP contribution < -0.4 is 15.2 Å². The van der Waals surface area contributed by atoms with E-state index in [1.54, 1.807) is 6.07 Å². The first-order chi connectivity index (χ1) is 13.7. The van der Waals surface area contributed by atoms with Gasteiger partial charge in [0.1, 0.15) is 23.7 Å². The molecule has 0 saturated carbocycles. The molecule has 4 N–H and O–H groups in total. The number of nitrogens with two attached hydrogens (primary N) is 1. The van der Waals surface area contributed by atoms with Gasteiger partial charge in [-0.15, -0.1) is 0 Å². The number of ether oxygens (including phenoxy) is 1. The van der Waals surface area contributed by atoms with E-state index in [0.29, 0.717) is 30.4 Å². The summed E-state index contributed by atoms with van der Waals surface area (Å²) in [7, 11) is -4.16. The zero-order chi connectivity index (χ0) is 21.6. The van der Waals surface area contributed by atoms with Gasteiger partial charge in [0, 0.05) is 6.54 Å². The molecule has 7 nitrogen and oxygen atoms in total. The van der Waals surface area contributed by atoms with Crippen LogP contribution in [0.1, 0.15) is 41.8 Å². The number of carbonyl (C=O) groups is 1. The number of hydrogen-bond donors (Lipinski definition) is 3. The first kappa shape index (κ1) is 22.6. The highest BCUT2D eigenvalue weighted by Crippen LogP contribution is 2.33. The summed E-state index contributed by atoms with van der Waals surface area (Å²) in [5.74, 6) is -1.79. The topological polar surface area (TPSA) is 119 Å². The molecule has 0 atom stereocenters. The van der Waals surface area contributed by atoms with Crippen LogP contribution in [0.15, 0.2) is 35.2 Å². The van der Waals surface area contributed by atoms with E-state index in [-0.39, 0.29) is 35.0 Å². The lowest BCUT2D eigenvalue weighted by Crippen LogP contribution is -2.19. The smallest absolute Gasteiger partial charge is 0.341 e. The lowest BCUT2D eigenvalue weighted by Gasteiger charge is -2.18. The Balaban J connectivity index is 2.57. The van der Waals surface area contributed by atoms with Gasteiger partial charge in [-0.3, -0.25) is 4.72 Å². The number of benzene rings is 2. The van der Waals surface area contributed by atoms with Crippen LogP contribution >= 0.6 is 0 Å². The minimum Gasteiger partial charge on any atom is -0.491 e. The number of aryl methyl sites for hydroxylation is 2. The second-order valence-corrected chi connectivity index (χ2v) is 8.03. The normalized spacial score (nSPS) is 11.3. The van der Waals surface area contributed by atoms with Gasteiger partial charge in [0.25, 0.3) is 10.0 Å². The monoisotopic (exact) mass is 424 g/mol. The van der Waals surface area contributed by atoms with Crippen molar-refractivity contribution in [3.63, 3.8) is 0 Å². The molecule has 0 saturated heterocycles. The predicted octanol–water partition coefficient (Wildman–Crippen LogP) is 3.18. The maximum Gasteiger partial charge on any atom is 0.341 e. The SMILES string of the molecule is CCCc1cc(F)ccc1S(=O)(=O)Nc1ccc(CC)c(OCCN)c1C(=O)O. The zero-order valence-electron chi connectivity index (χ0n) is 16.4. The van der Waals surface area contributed by atoms with Crippen molar-refractivity contribution in [3.05, 3.63) is 52.8 Å². The van der Waals surface area contributed by atoms with Crippen molar-refractivity contribution < 1.29 is 27.4 Å². The molecule has 0 aromatic heterocycles. The predicted molar refractivity (Wildman–Crippen MR) is 109 cm³/mol. The van der Waals surface area contributed by atoms with Crippen molar-refractivity contribution in [3.8, 4) is 5.75 Å². The van der Waals surface area contributed by atoms with Gasteiger partial charge in [-0.05, 0) is 48.2 Å². The van der Waals surface area contributed by atoms with E-state index < -0.39 is 21.8 Å². The molecule has 0 fully saturated rings. The minimum atomic E-state index is -4.16. The second-order valence-electron chi connectivity index (χ2n) is 6.38. The number of anilines is 1. The molecular weight excluding hydrogens is 399 g/mol. The molecule has 0 spiro atoms. The van der Waals surface area contributed by atoms with E-state index in [1.807, 2.05) is 13.8 Å². The number of aromatic carboxylic acids is 1. The summed E-state index contributed by atoms with van der Waals surface area (Å²) in [4.78, 5) is 11.8. The Kier molecular flexibility index (Phi) is 7.58. The van der Waals surface area contributed by atoms with Crippen LogP contribution in [0.5, 0.6) is 5.75 Å². The molecule has 0 aliphatic rings. The summed E-state index contributed by atoms with van der Waals surface area (Å²) >= 11 is 0. The maximum atomic E-state index is 13.6. The first-order valence-electron chi connectivity index (χ1n) is 9.28. The quantitative estimate of drug-likeness (QED) is 0.539. The average molecular weight is 424 g/mol. The number of nitrogens with one attached hydrogen (secondary N) is 1. The van der Waals surface area contributed by atoms with E-state index >= 15 is 0 Å². The van der Waals surface area contributed by atoms with Crippen LogP contribution in [0.2, 0.25) is 0 Å². The van der Waals surface area contributed by atoms with Gasteiger partial charge in [0.15, 0.2) is 0 Å². The summed E-state index contributed by atoms with van der Waals surface area (Å²) in [6.07, 6.45) is 1.47. The largest absolute Gasteiger partial charge is 0.491 e. The fourth-order valence-electron chi connectivity index (χ4n) is 3.00. The molecule has 9 heteroatoms. The van der Waals surface area contributed by atoms with Crippen LogP contribution in [0.3, 0.4) is 0 Å². The molecule has 0 aliphatic heterocycles. The van der Waals surface area contributed by atoms with Crippen molar-refractivity contribution in [1.82, 2.24) is 0 Å². The standard InChI is InChI=1S/C20H25FN2O5S/c1-3-5-14-12-15(21)7-9-17(14)29(26,27)23-16-8-6-13(4-2)19(28-11-10-22)18(16)20(24)25/h6-9,12,23H,3-5,10-11,22H2,1-2H3,(H,24,25). The second kappa shape index (κ2) is 9.71. The van der Waals surface area contributed by atoms with Crippen LogP contribution in [-0.4, -0.2) is 32.6 Å². The summed E-state index contributed by atoms with van der Waals surface area (Å²) in [6, 6.07) is 6.40. The van der Waals surface area contributed by atoms with E-state index in [1.165, 1.54) is 18.2 Å². The minimum absolute atomic E-state index is 0.0820. The number of halogens is 1. The molecule has 0 bridgehead atoms. The number of rotatable bonds is 10. The third-order valence-corrected chi connectivity index (χ3v) is 5.74. The maximum absolute atomic E-state index is 13.6. The highest BCUT2D eigenvalue weighted by molar-refractivity contribution is 7.92. The van der Waals surface area contributed by atoms with E-state index in [0.717, 1.165) is 6.07 Å². The summed E-state index contributed by atoms with van der Waals surface area (Å²) in [6.45, 7) is 3.94. The number of hydrogen-bond acceptors (Lipinski definition) is 5. The molecule has 158 valence electrons. The molecule has 0 radical (unpaired) electrons. The van der Waals surface area contributed by atoms with Crippen LogP contribution in [0.4, 0.5) is 10.1 Å². The van der Waals surface area contributed by atoms with Crippen LogP contribution in [-0.2, 0) is 22.9 Å². The molecule has 0 aliphatic carbocycles. The van der Waals surface area contributed by atoms with Crippen molar-refractivity contribution in [2.45, 2.75) is 38.0 Å². The number of sulfonamides is 1. The highest BCUT2D eigenvalue weighted by Gasteiger charge is 2.25. The van der Waals surface area contributed by atoms with Crippen molar-refractivity contribution in [2.24, 2.45) is 5.73 Å². The van der Waals surface area contributed by atoms with E-state index in [2.05, 4.69) is 4.72 Å². The highest BCUT2D eigenvalue weighted by atomic mass is 32.2. The summed E-state index contributed by atoms with van der Waals surface area (Å²) in [5.41, 5.74) is 5.97. The number of carboxylic acids is 1. The van der Waals surface area contributed by atoms with Crippen molar-refractivity contribution >= 4 is 21.7 Å². The Morgan fingerprint density at radius 1 is 1.21 bits per heavy atom. The molecule has 2 rings (SSSR count).